The van der Waals surface area contributed by atoms with Crippen molar-refractivity contribution in [3.05, 3.63) is 29.8 Å². The quantitative estimate of drug-likeness (QED) is 0.714. The van der Waals surface area contributed by atoms with E-state index in [-0.39, 0.29) is 24.8 Å². The fourth-order valence-electron chi connectivity index (χ4n) is 1.12. The standard InChI is InChI=1S/C13H14O5/c1-9(14)7-17-12-5-3-11(4-6-12)13(16)18-8-10(2)15/h3-6H,7-8H2,1-2H3. The van der Waals surface area contributed by atoms with Gasteiger partial charge in [0.05, 0.1) is 5.56 Å². The molecule has 0 atom stereocenters. The van der Waals surface area contributed by atoms with Gasteiger partial charge in [-0.3, -0.25) is 9.59 Å². The minimum absolute atomic E-state index is 0.00582. The summed E-state index contributed by atoms with van der Waals surface area (Å²) in [7, 11) is 0. The summed E-state index contributed by atoms with van der Waals surface area (Å²) in [5.41, 5.74) is 0.325. The molecule has 0 aliphatic heterocycles. The van der Waals surface area contributed by atoms with Crippen LogP contribution >= 0.6 is 0 Å². The van der Waals surface area contributed by atoms with Gasteiger partial charge in [-0.2, -0.15) is 0 Å². The third-order valence-electron chi connectivity index (χ3n) is 1.94. The zero-order valence-electron chi connectivity index (χ0n) is 10.3. The van der Waals surface area contributed by atoms with Crippen molar-refractivity contribution >= 4 is 17.5 Å². The maximum Gasteiger partial charge on any atom is 0.338 e. The van der Waals surface area contributed by atoms with Gasteiger partial charge < -0.3 is 9.47 Å². The molecule has 96 valence electrons. The van der Waals surface area contributed by atoms with Gasteiger partial charge in [-0.1, -0.05) is 0 Å². The van der Waals surface area contributed by atoms with Gasteiger partial charge in [0.1, 0.15) is 19.0 Å². The van der Waals surface area contributed by atoms with E-state index in [1.807, 2.05) is 0 Å². The molecular formula is C13H14O5. The number of benzene rings is 1. The number of carbonyl (C=O) groups is 3. The zero-order chi connectivity index (χ0) is 13.5. The van der Waals surface area contributed by atoms with Crippen molar-refractivity contribution in [3.63, 3.8) is 0 Å². The van der Waals surface area contributed by atoms with Gasteiger partial charge >= 0.3 is 5.97 Å². The van der Waals surface area contributed by atoms with Crippen LogP contribution in [0.5, 0.6) is 5.75 Å². The van der Waals surface area contributed by atoms with Crippen molar-refractivity contribution in [1.82, 2.24) is 0 Å². The third-order valence-corrected chi connectivity index (χ3v) is 1.94. The smallest absolute Gasteiger partial charge is 0.338 e. The fourth-order valence-corrected chi connectivity index (χ4v) is 1.12. The van der Waals surface area contributed by atoms with E-state index in [9.17, 15) is 14.4 Å². The lowest BCUT2D eigenvalue weighted by Gasteiger charge is -2.05. The van der Waals surface area contributed by atoms with Gasteiger partial charge in [0.15, 0.2) is 11.6 Å². The number of rotatable bonds is 6. The highest BCUT2D eigenvalue weighted by Crippen LogP contribution is 2.12. The summed E-state index contributed by atoms with van der Waals surface area (Å²) in [6.45, 7) is 2.52. The predicted octanol–water partition coefficient (Wildman–Crippen LogP) is 1.40. The average molecular weight is 250 g/mol. The summed E-state index contributed by atoms with van der Waals surface area (Å²) in [4.78, 5) is 32.8. The number of hydrogen-bond donors (Lipinski definition) is 0. The van der Waals surface area contributed by atoms with Crippen LogP contribution in [0.15, 0.2) is 24.3 Å². The summed E-state index contributed by atoms with van der Waals surface area (Å²) in [6, 6.07) is 6.15. The second-order valence-electron chi connectivity index (χ2n) is 3.79. The third kappa shape index (κ3) is 4.78. The second kappa shape index (κ2) is 6.54. The largest absolute Gasteiger partial charge is 0.486 e. The molecule has 0 amide bonds. The van der Waals surface area contributed by atoms with Crippen LogP contribution in [-0.2, 0) is 14.3 Å². The van der Waals surface area contributed by atoms with E-state index in [2.05, 4.69) is 0 Å². The molecule has 0 aliphatic rings. The Balaban J connectivity index is 2.56. The highest BCUT2D eigenvalue weighted by Gasteiger charge is 2.08. The Morgan fingerprint density at radius 2 is 1.50 bits per heavy atom. The first-order chi connectivity index (χ1) is 8.49. The van der Waals surface area contributed by atoms with Crippen LogP contribution < -0.4 is 4.74 Å². The highest BCUT2D eigenvalue weighted by molar-refractivity contribution is 5.91. The minimum atomic E-state index is -0.566. The van der Waals surface area contributed by atoms with E-state index >= 15 is 0 Å². The maximum absolute atomic E-state index is 11.5. The van der Waals surface area contributed by atoms with Gasteiger partial charge in [0.2, 0.25) is 0 Å². The molecule has 0 aromatic heterocycles. The molecule has 0 radical (unpaired) electrons. The van der Waals surface area contributed by atoms with Gasteiger partial charge in [-0.15, -0.1) is 0 Å². The molecule has 5 heteroatoms. The number of ether oxygens (including phenoxy) is 2. The van der Waals surface area contributed by atoms with E-state index in [1.54, 1.807) is 12.1 Å². The molecule has 0 bridgehead atoms. The monoisotopic (exact) mass is 250 g/mol. The Morgan fingerprint density at radius 1 is 0.944 bits per heavy atom. The Bertz CT molecular complexity index is 447. The molecule has 18 heavy (non-hydrogen) atoms. The average Bonchev–Trinajstić information content (AvgIpc) is 2.34. The summed E-state index contributed by atoms with van der Waals surface area (Å²) >= 11 is 0. The van der Waals surface area contributed by atoms with Crippen LogP contribution in [0.2, 0.25) is 0 Å². The molecule has 5 nitrogen and oxygen atoms in total. The molecule has 1 rings (SSSR count). The maximum atomic E-state index is 11.5. The Morgan fingerprint density at radius 3 is 2.00 bits per heavy atom. The zero-order valence-corrected chi connectivity index (χ0v) is 10.3. The Hall–Kier alpha value is -2.17. The van der Waals surface area contributed by atoms with Gasteiger partial charge in [0, 0.05) is 0 Å². The molecule has 0 heterocycles. The van der Waals surface area contributed by atoms with E-state index < -0.39 is 5.97 Å². The first-order valence-electron chi connectivity index (χ1n) is 5.38. The summed E-state index contributed by atoms with van der Waals surface area (Å²) in [5.74, 6) is -0.374. The van der Waals surface area contributed by atoms with Crippen LogP contribution in [0.1, 0.15) is 24.2 Å². The van der Waals surface area contributed by atoms with Crippen molar-refractivity contribution < 1.29 is 23.9 Å². The Kier molecular flexibility index (Phi) is 5.05. The summed E-state index contributed by atoms with van der Waals surface area (Å²) < 4.78 is 9.89. The number of carbonyl (C=O) groups excluding carboxylic acids is 3. The number of ketones is 2. The topological polar surface area (TPSA) is 69.7 Å². The van der Waals surface area contributed by atoms with Crippen molar-refractivity contribution in [3.8, 4) is 5.75 Å². The minimum Gasteiger partial charge on any atom is -0.486 e. The molecule has 0 saturated heterocycles. The van der Waals surface area contributed by atoms with Crippen LogP contribution in [0.3, 0.4) is 0 Å². The van der Waals surface area contributed by atoms with Crippen LogP contribution in [-0.4, -0.2) is 30.7 Å². The van der Waals surface area contributed by atoms with E-state index in [0.717, 1.165) is 0 Å². The molecule has 0 fully saturated rings. The lowest BCUT2D eigenvalue weighted by atomic mass is 10.2. The van der Waals surface area contributed by atoms with Crippen molar-refractivity contribution in [2.45, 2.75) is 13.8 Å². The molecule has 0 spiro atoms. The lowest BCUT2D eigenvalue weighted by molar-refractivity contribution is -0.120. The molecule has 1 aromatic rings. The molecule has 0 unspecified atom stereocenters. The molecule has 0 saturated carbocycles. The van der Waals surface area contributed by atoms with Crippen molar-refractivity contribution in [1.29, 1.82) is 0 Å². The van der Waals surface area contributed by atoms with E-state index in [4.69, 9.17) is 9.47 Å². The molecule has 0 aliphatic carbocycles. The number of esters is 1. The summed E-state index contributed by atoms with van der Waals surface area (Å²) in [6.07, 6.45) is 0. The fraction of sp³-hybridized carbons (Fsp3) is 0.308. The number of Topliss-reactive ketones (excluding diaryl/α,β-unsaturated/α-hetero) is 2. The van der Waals surface area contributed by atoms with Gasteiger partial charge in [-0.25, -0.2) is 4.79 Å². The van der Waals surface area contributed by atoms with Gasteiger partial charge in [0.25, 0.3) is 0 Å². The lowest BCUT2D eigenvalue weighted by Crippen LogP contribution is -2.11. The summed E-state index contributed by atoms with van der Waals surface area (Å²) in [5, 5.41) is 0. The SMILES string of the molecule is CC(=O)COC(=O)c1ccc(OCC(C)=O)cc1. The highest BCUT2D eigenvalue weighted by atomic mass is 16.5. The first-order valence-corrected chi connectivity index (χ1v) is 5.38. The molecular weight excluding hydrogens is 236 g/mol. The number of hydrogen-bond acceptors (Lipinski definition) is 5. The van der Waals surface area contributed by atoms with Crippen molar-refractivity contribution in [2.24, 2.45) is 0 Å². The van der Waals surface area contributed by atoms with E-state index in [0.29, 0.717) is 11.3 Å². The second-order valence-corrected chi connectivity index (χ2v) is 3.79. The van der Waals surface area contributed by atoms with Crippen LogP contribution in [0, 0.1) is 0 Å². The normalized spacial score (nSPS) is 9.67. The van der Waals surface area contributed by atoms with E-state index in [1.165, 1.54) is 26.0 Å². The molecule has 1 aromatic carbocycles. The van der Waals surface area contributed by atoms with Crippen LogP contribution in [0.4, 0.5) is 0 Å². The van der Waals surface area contributed by atoms with Crippen molar-refractivity contribution in [2.75, 3.05) is 13.2 Å². The Labute approximate surface area is 105 Å². The molecule has 0 N–H and O–H groups in total. The van der Waals surface area contributed by atoms with Gasteiger partial charge in [-0.05, 0) is 38.1 Å². The van der Waals surface area contributed by atoms with Crippen LogP contribution in [0.25, 0.3) is 0 Å². The first kappa shape index (κ1) is 13.9. The predicted molar refractivity (Wildman–Crippen MR) is 63.6 cm³/mol.